The zero-order valence-corrected chi connectivity index (χ0v) is 9.88. The van der Waals surface area contributed by atoms with Gasteiger partial charge in [-0.3, -0.25) is 0 Å². The summed E-state index contributed by atoms with van der Waals surface area (Å²) < 4.78 is 41.6. The van der Waals surface area contributed by atoms with E-state index in [0.717, 1.165) is 12.5 Å². The van der Waals surface area contributed by atoms with Crippen molar-refractivity contribution in [3.63, 3.8) is 0 Å². The van der Waals surface area contributed by atoms with Crippen LogP contribution in [0.25, 0.3) is 0 Å². The Hall–Kier alpha value is -1.30. The van der Waals surface area contributed by atoms with Crippen LogP contribution < -0.4 is 10.1 Å². The number of ether oxygens (including phenoxy) is 1. The highest BCUT2D eigenvalue weighted by Gasteiger charge is 2.38. The molecular weight excluding hydrogens is 233 g/mol. The van der Waals surface area contributed by atoms with Crippen molar-refractivity contribution < 1.29 is 17.9 Å². The van der Waals surface area contributed by atoms with Crippen molar-refractivity contribution in [2.75, 3.05) is 7.05 Å². The maximum Gasteiger partial charge on any atom is 0.425 e. The molecule has 2 unspecified atom stereocenters. The molecule has 0 radical (unpaired) electrons. The Balaban J connectivity index is 2.79. The maximum atomic E-state index is 12.3. The largest absolute Gasteiger partial charge is 0.465 e. The summed E-state index contributed by atoms with van der Waals surface area (Å²) in [4.78, 5) is 3.76. The van der Waals surface area contributed by atoms with Gasteiger partial charge in [0.05, 0.1) is 0 Å². The molecular formula is C11H15F3N2O. The first-order valence-electron chi connectivity index (χ1n) is 5.21. The van der Waals surface area contributed by atoms with E-state index < -0.39 is 12.3 Å². The highest BCUT2D eigenvalue weighted by Crippen LogP contribution is 2.25. The Bertz CT molecular complexity index is 368. The molecule has 1 heterocycles. The van der Waals surface area contributed by atoms with Crippen molar-refractivity contribution in [1.29, 1.82) is 0 Å². The van der Waals surface area contributed by atoms with Crippen LogP contribution in [-0.2, 0) is 0 Å². The molecule has 0 aliphatic rings. The number of aromatic nitrogens is 1. The van der Waals surface area contributed by atoms with E-state index in [-0.39, 0.29) is 11.9 Å². The van der Waals surface area contributed by atoms with Crippen LogP contribution in [0.4, 0.5) is 13.2 Å². The van der Waals surface area contributed by atoms with Crippen LogP contribution in [0.15, 0.2) is 18.3 Å². The van der Waals surface area contributed by atoms with Gasteiger partial charge in [-0.15, -0.1) is 0 Å². The van der Waals surface area contributed by atoms with E-state index in [1.54, 1.807) is 13.1 Å². The van der Waals surface area contributed by atoms with Gasteiger partial charge in [-0.2, -0.15) is 13.2 Å². The van der Waals surface area contributed by atoms with E-state index >= 15 is 0 Å². The first kappa shape index (κ1) is 13.8. The molecule has 0 fully saturated rings. The Morgan fingerprint density at radius 2 is 2.00 bits per heavy atom. The number of hydrogen-bond donors (Lipinski definition) is 1. The van der Waals surface area contributed by atoms with Gasteiger partial charge in [0.1, 0.15) is 0 Å². The number of pyridine rings is 1. The molecule has 0 saturated heterocycles. The van der Waals surface area contributed by atoms with E-state index in [4.69, 9.17) is 4.74 Å². The molecule has 0 saturated carbocycles. The van der Waals surface area contributed by atoms with Crippen LogP contribution >= 0.6 is 0 Å². The number of nitrogens with zero attached hydrogens (tertiary/aromatic N) is 1. The third-order valence-electron chi connectivity index (χ3n) is 2.45. The normalized spacial score (nSPS) is 15.4. The van der Waals surface area contributed by atoms with E-state index in [9.17, 15) is 13.2 Å². The first-order chi connectivity index (χ1) is 7.84. The number of halogens is 3. The van der Waals surface area contributed by atoms with Crippen molar-refractivity contribution in [3.8, 4) is 5.88 Å². The van der Waals surface area contributed by atoms with Crippen LogP contribution in [0, 0.1) is 0 Å². The predicted molar refractivity (Wildman–Crippen MR) is 57.9 cm³/mol. The Morgan fingerprint density at radius 1 is 1.35 bits per heavy atom. The minimum absolute atomic E-state index is 0.0191. The minimum atomic E-state index is -4.38. The van der Waals surface area contributed by atoms with Crippen molar-refractivity contribution in [1.82, 2.24) is 10.3 Å². The Morgan fingerprint density at radius 3 is 2.53 bits per heavy atom. The molecule has 0 aromatic carbocycles. The fraction of sp³-hybridized carbons (Fsp3) is 0.545. The summed E-state index contributed by atoms with van der Waals surface area (Å²) in [6.45, 7) is 2.85. The van der Waals surface area contributed by atoms with Crippen molar-refractivity contribution >= 4 is 0 Å². The topological polar surface area (TPSA) is 34.2 Å². The summed E-state index contributed by atoms with van der Waals surface area (Å²) >= 11 is 0. The molecule has 2 atom stereocenters. The van der Waals surface area contributed by atoms with Crippen LogP contribution in [0.5, 0.6) is 5.88 Å². The Labute approximate surface area is 98.0 Å². The molecule has 0 bridgehead atoms. The molecule has 0 amide bonds. The highest BCUT2D eigenvalue weighted by atomic mass is 19.4. The van der Waals surface area contributed by atoms with Gasteiger partial charge in [0.15, 0.2) is 6.10 Å². The summed E-state index contributed by atoms with van der Waals surface area (Å²) in [5.41, 5.74) is 0.826. The van der Waals surface area contributed by atoms with Crippen molar-refractivity contribution in [2.45, 2.75) is 32.2 Å². The summed E-state index contributed by atoms with van der Waals surface area (Å²) in [6, 6.07) is 3.26. The zero-order chi connectivity index (χ0) is 13.1. The molecule has 1 aromatic heterocycles. The van der Waals surface area contributed by atoms with Gasteiger partial charge in [-0.25, -0.2) is 4.98 Å². The number of alkyl halides is 3. The van der Waals surface area contributed by atoms with Gasteiger partial charge in [0, 0.05) is 18.3 Å². The second-order valence-corrected chi connectivity index (χ2v) is 3.74. The molecule has 0 aliphatic carbocycles. The fourth-order valence-corrected chi connectivity index (χ4v) is 1.17. The lowest BCUT2D eigenvalue weighted by atomic mass is 10.1. The molecule has 96 valence electrons. The lowest BCUT2D eigenvalue weighted by Gasteiger charge is -2.18. The van der Waals surface area contributed by atoms with E-state index in [2.05, 4.69) is 10.3 Å². The van der Waals surface area contributed by atoms with Crippen LogP contribution in [0.2, 0.25) is 0 Å². The van der Waals surface area contributed by atoms with Crippen molar-refractivity contribution in [2.24, 2.45) is 0 Å². The third kappa shape index (κ3) is 3.89. The van der Waals surface area contributed by atoms with Gasteiger partial charge in [-0.1, -0.05) is 0 Å². The summed E-state index contributed by atoms with van der Waals surface area (Å²) in [5, 5.41) is 2.99. The summed E-state index contributed by atoms with van der Waals surface area (Å²) in [5.74, 6) is -0.0191. The monoisotopic (exact) mass is 248 g/mol. The molecule has 1 rings (SSSR count). The first-order valence-corrected chi connectivity index (χ1v) is 5.21. The second kappa shape index (κ2) is 5.35. The fourth-order valence-electron chi connectivity index (χ4n) is 1.17. The lowest BCUT2D eigenvalue weighted by molar-refractivity contribution is -0.190. The maximum absolute atomic E-state index is 12.3. The van der Waals surface area contributed by atoms with Gasteiger partial charge < -0.3 is 10.1 Å². The minimum Gasteiger partial charge on any atom is -0.465 e. The molecule has 1 N–H and O–H groups in total. The highest BCUT2D eigenvalue weighted by molar-refractivity contribution is 5.23. The molecule has 3 nitrogen and oxygen atoms in total. The van der Waals surface area contributed by atoms with Gasteiger partial charge in [0.25, 0.3) is 0 Å². The molecule has 0 aliphatic heterocycles. The Kier molecular flexibility index (Phi) is 4.34. The van der Waals surface area contributed by atoms with Gasteiger partial charge in [0.2, 0.25) is 5.88 Å². The average molecular weight is 248 g/mol. The molecule has 0 spiro atoms. The second-order valence-electron chi connectivity index (χ2n) is 3.74. The zero-order valence-electron chi connectivity index (χ0n) is 9.88. The van der Waals surface area contributed by atoms with Crippen LogP contribution in [0.1, 0.15) is 25.5 Å². The third-order valence-corrected chi connectivity index (χ3v) is 2.45. The smallest absolute Gasteiger partial charge is 0.425 e. The molecule has 17 heavy (non-hydrogen) atoms. The lowest BCUT2D eigenvalue weighted by Crippen LogP contribution is -2.31. The van der Waals surface area contributed by atoms with E-state index in [0.29, 0.717) is 0 Å². The average Bonchev–Trinajstić information content (AvgIpc) is 2.27. The quantitative estimate of drug-likeness (QED) is 0.889. The summed E-state index contributed by atoms with van der Waals surface area (Å²) in [7, 11) is 1.77. The van der Waals surface area contributed by atoms with Crippen LogP contribution in [0.3, 0.4) is 0 Å². The predicted octanol–water partition coefficient (Wildman–Crippen LogP) is 2.69. The standard InChI is InChI=1S/C11H15F3N2O/c1-7(15-3)9-4-5-16-10(6-9)17-8(2)11(12,13)14/h4-8,15H,1-3H3. The molecule has 1 aromatic rings. The number of rotatable bonds is 4. The number of hydrogen-bond acceptors (Lipinski definition) is 3. The van der Waals surface area contributed by atoms with E-state index in [1.165, 1.54) is 12.3 Å². The SMILES string of the molecule is CNC(C)c1ccnc(OC(C)C(F)(F)F)c1. The van der Waals surface area contributed by atoms with Gasteiger partial charge in [-0.05, 0) is 32.5 Å². The van der Waals surface area contributed by atoms with Crippen LogP contribution in [-0.4, -0.2) is 24.3 Å². The molecule has 6 heteroatoms. The van der Waals surface area contributed by atoms with Crippen molar-refractivity contribution in [3.05, 3.63) is 23.9 Å². The number of nitrogens with one attached hydrogen (secondary N) is 1. The summed E-state index contributed by atoms with van der Waals surface area (Å²) in [6.07, 6.45) is -4.82. The van der Waals surface area contributed by atoms with E-state index in [1.807, 2.05) is 6.92 Å². The van der Waals surface area contributed by atoms with Gasteiger partial charge >= 0.3 is 6.18 Å².